The average Bonchev–Trinajstić information content (AvgIpc) is 2.70. The Labute approximate surface area is 177 Å². The highest BCUT2D eigenvalue weighted by Gasteiger charge is 2.32. The summed E-state index contributed by atoms with van der Waals surface area (Å²) in [4.78, 5) is 38.4. The monoisotopic (exact) mass is 496 g/mol. The van der Waals surface area contributed by atoms with Crippen molar-refractivity contribution in [1.82, 2.24) is 5.32 Å². The molecule has 2 rings (SSSR count). The fraction of sp³-hybridized carbons (Fsp3) is 0.250. The Morgan fingerprint density at radius 3 is 2.25 bits per heavy atom. The molecule has 0 saturated carbocycles. The number of anilines is 1. The van der Waals surface area contributed by atoms with Crippen molar-refractivity contribution < 1.29 is 23.9 Å². The molecule has 0 aliphatic rings. The molecule has 1 N–H and O–H groups in total. The van der Waals surface area contributed by atoms with Crippen molar-refractivity contribution in [2.75, 3.05) is 25.7 Å². The summed E-state index contributed by atoms with van der Waals surface area (Å²) in [5.74, 6) is -0.745. The summed E-state index contributed by atoms with van der Waals surface area (Å²) < 4.78 is 10.6. The van der Waals surface area contributed by atoms with E-state index in [0.29, 0.717) is 17.0 Å². The number of carbonyl (C=O) groups is 3. The van der Waals surface area contributed by atoms with Gasteiger partial charge in [0.25, 0.3) is 0 Å². The first-order valence-electron chi connectivity index (χ1n) is 8.41. The highest BCUT2D eigenvalue weighted by atomic mass is 127. The Morgan fingerprint density at radius 2 is 1.71 bits per heavy atom. The van der Waals surface area contributed by atoms with Crippen molar-refractivity contribution >= 4 is 46.1 Å². The maximum absolute atomic E-state index is 13.0. The van der Waals surface area contributed by atoms with E-state index in [0.717, 1.165) is 3.57 Å². The van der Waals surface area contributed by atoms with Crippen molar-refractivity contribution in [1.29, 1.82) is 0 Å². The Morgan fingerprint density at radius 1 is 1.07 bits per heavy atom. The van der Waals surface area contributed by atoms with Gasteiger partial charge in [-0.05, 0) is 58.5 Å². The molecule has 8 heteroatoms. The molecule has 0 aliphatic heterocycles. The normalized spacial score (nSPS) is 11.3. The molecule has 2 aromatic carbocycles. The summed E-state index contributed by atoms with van der Waals surface area (Å²) >= 11 is 2.12. The van der Waals surface area contributed by atoms with Crippen molar-refractivity contribution in [3.8, 4) is 5.75 Å². The van der Waals surface area contributed by atoms with Crippen molar-refractivity contribution in [3.63, 3.8) is 0 Å². The number of hydrogen-bond donors (Lipinski definition) is 1. The molecule has 1 unspecified atom stereocenters. The van der Waals surface area contributed by atoms with Crippen LogP contribution in [-0.4, -0.2) is 38.5 Å². The van der Waals surface area contributed by atoms with Crippen LogP contribution in [0.4, 0.5) is 5.69 Å². The van der Waals surface area contributed by atoms with Gasteiger partial charge in [-0.3, -0.25) is 19.3 Å². The van der Waals surface area contributed by atoms with Crippen LogP contribution in [0.2, 0.25) is 0 Å². The number of ether oxygens (including phenoxy) is 2. The van der Waals surface area contributed by atoms with Crippen LogP contribution in [0.25, 0.3) is 0 Å². The molecule has 148 valence electrons. The van der Waals surface area contributed by atoms with Crippen LogP contribution in [0.15, 0.2) is 48.5 Å². The molecule has 0 aromatic heterocycles. The lowest BCUT2D eigenvalue weighted by Gasteiger charge is -2.31. The minimum Gasteiger partial charge on any atom is -0.497 e. The van der Waals surface area contributed by atoms with E-state index in [4.69, 9.17) is 4.74 Å². The second kappa shape index (κ2) is 10.1. The SMILES string of the molecule is COC(=O)CNC(=O)C(c1ccccc1I)N(C(C)=O)c1ccc(OC)cc1. The lowest BCUT2D eigenvalue weighted by molar-refractivity contribution is -0.141. The predicted molar refractivity (Wildman–Crippen MR) is 113 cm³/mol. The fourth-order valence-corrected chi connectivity index (χ4v) is 3.36. The van der Waals surface area contributed by atoms with Gasteiger partial charge in [0.1, 0.15) is 18.3 Å². The van der Waals surface area contributed by atoms with Gasteiger partial charge in [-0.15, -0.1) is 0 Å². The summed E-state index contributed by atoms with van der Waals surface area (Å²) in [5, 5.41) is 2.55. The molecular weight excluding hydrogens is 475 g/mol. The minimum absolute atomic E-state index is 0.288. The number of hydrogen-bond acceptors (Lipinski definition) is 5. The number of halogens is 1. The number of carbonyl (C=O) groups excluding carboxylic acids is 3. The Bertz CT molecular complexity index is 854. The van der Waals surface area contributed by atoms with Crippen LogP contribution >= 0.6 is 22.6 Å². The number of nitrogens with zero attached hydrogens (tertiary/aromatic N) is 1. The van der Waals surface area contributed by atoms with Gasteiger partial charge in [-0.1, -0.05) is 18.2 Å². The lowest BCUT2D eigenvalue weighted by Crippen LogP contribution is -2.44. The maximum Gasteiger partial charge on any atom is 0.325 e. The van der Waals surface area contributed by atoms with E-state index in [2.05, 4.69) is 32.6 Å². The van der Waals surface area contributed by atoms with Gasteiger partial charge >= 0.3 is 5.97 Å². The van der Waals surface area contributed by atoms with Gasteiger partial charge in [-0.25, -0.2) is 0 Å². The van der Waals surface area contributed by atoms with Crippen LogP contribution in [0, 0.1) is 3.57 Å². The number of benzene rings is 2. The summed E-state index contributed by atoms with van der Waals surface area (Å²) in [6, 6.07) is 13.2. The highest BCUT2D eigenvalue weighted by Crippen LogP contribution is 2.31. The molecule has 2 amide bonds. The third kappa shape index (κ3) is 5.22. The van der Waals surface area contributed by atoms with E-state index in [-0.39, 0.29) is 12.5 Å². The van der Waals surface area contributed by atoms with Crippen LogP contribution in [0.5, 0.6) is 5.75 Å². The molecule has 0 heterocycles. The summed E-state index contributed by atoms with van der Waals surface area (Å²) in [6.07, 6.45) is 0. The van der Waals surface area contributed by atoms with Gasteiger partial charge < -0.3 is 14.8 Å². The zero-order valence-corrected chi connectivity index (χ0v) is 17.9. The predicted octanol–water partition coefficient (Wildman–Crippen LogP) is 2.68. The van der Waals surface area contributed by atoms with Crippen LogP contribution in [0.3, 0.4) is 0 Å². The maximum atomic E-state index is 13.0. The first-order chi connectivity index (χ1) is 13.4. The largest absolute Gasteiger partial charge is 0.497 e. The Hall–Kier alpha value is -2.62. The molecule has 0 fully saturated rings. The van der Waals surface area contributed by atoms with Gasteiger partial charge in [0.15, 0.2) is 0 Å². The van der Waals surface area contributed by atoms with Crippen LogP contribution < -0.4 is 15.0 Å². The molecule has 0 radical (unpaired) electrons. The summed E-state index contributed by atoms with van der Waals surface area (Å²) in [7, 11) is 2.79. The number of esters is 1. The first kappa shape index (κ1) is 21.7. The third-order valence-corrected chi connectivity index (χ3v) is 5.01. The Kier molecular flexibility index (Phi) is 7.80. The third-order valence-electron chi connectivity index (χ3n) is 4.03. The van der Waals surface area contributed by atoms with Crippen LogP contribution in [0.1, 0.15) is 18.5 Å². The highest BCUT2D eigenvalue weighted by molar-refractivity contribution is 14.1. The van der Waals surface area contributed by atoms with E-state index >= 15 is 0 Å². The van der Waals surface area contributed by atoms with E-state index in [9.17, 15) is 14.4 Å². The smallest absolute Gasteiger partial charge is 0.325 e. The van der Waals surface area contributed by atoms with Gasteiger partial charge in [-0.2, -0.15) is 0 Å². The summed E-state index contributed by atoms with van der Waals surface area (Å²) in [6.45, 7) is 1.10. The topological polar surface area (TPSA) is 84.9 Å². The molecule has 0 saturated heterocycles. The minimum atomic E-state index is -0.955. The molecular formula is C20H21IN2O5. The Balaban J connectivity index is 2.49. The summed E-state index contributed by atoms with van der Waals surface area (Å²) in [5.41, 5.74) is 1.18. The molecule has 7 nitrogen and oxygen atoms in total. The van der Waals surface area contributed by atoms with E-state index < -0.39 is 17.9 Å². The molecule has 0 spiro atoms. The standard InChI is InChI=1S/C20H21IN2O5/c1-13(24)23(14-8-10-15(27-2)11-9-14)19(16-6-4-5-7-17(16)21)20(26)22-12-18(25)28-3/h4-11,19H,12H2,1-3H3,(H,22,26). The molecule has 1 atom stereocenters. The number of amides is 2. The second-order valence-electron chi connectivity index (χ2n) is 5.81. The molecule has 0 aliphatic carbocycles. The molecule has 28 heavy (non-hydrogen) atoms. The quantitative estimate of drug-likeness (QED) is 0.471. The van der Waals surface area contributed by atoms with Crippen molar-refractivity contribution in [2.45, 2.75) is 13.0 Å². The first-order valence-corrected chi connectivity index (χ1v) is 9.49. The zero-order chi connectivity index (χ0) is 20.7. The van der Waals surface area contributed by atoms with E-state index in [1.807, 2.05) is 12.1 Å². The molecule has 2 aromatic rings. The van der Waals surface area contributed by atoms with Gasteiger partial charge in [0, 0.05) is 16.2 Å². The van der Waals surface area contributed by atoms with Crippen LogP contribution in [-0.2, 0) is 19.1 Å². The number of rotatable bonds is 7. The van der Waals surface area contributed by atoms with Gasteiger partial charge in [0.05, 0.1) is 14.2 Å². The van der Waals surface area contributed by atoms with Crippen molar-refractivity contribution in [3.05, 3.63) is 57.7 Å². The number of methoxy groups -OCH3 is 2. The fourth-order valence-electron chi connectivity index (χ4n) is 2.68. The van der Waals surface area contributed by atoms with Crippen molar-refractivity contribution in [2.24, 2.45) is 0 Å². The van der Waals surface area contributed by atoms with Gasteiger partial charge in [0.2, 0.25) is 11.8 Å². The molecule has 0 bridgehead atoms. The van der Waals surface area contributed by atoms with E-state index in [1.54, 1.807) is 43.5 Å². The number of nitrogens with one attached hydrogen (secondary N) is 1. The lowest BCUT2D eigenvalue weighted by atomic mass is 10.0. The zero-order valence-electron chi connectivity index (χ0n) is 15.8. The second-order valence-corrected chi connectivity index (χ2v) is 6.97. The average molecular weight is 496 g/mol. The van der Waals surface area contributed by atoms with E-state index in [1.165, 1.54) is 18.9 Å².